The van der Waals surface area contributed by atoms with Crippen molar-refractivity contribution in [2.24, 2.45) is 0 Å². The molecule has 0 saturated heterocycles. The first-order chi connectivity index (χ1) is 7.54. The van der Waals surface area contributed by atoms with Crippen LogP contribution in [0.5, 0.6) is 0 Å². The minimum atomic E-state index is -0.748. The van der Waals surface area contributed by atoms with Crippen LogP contribution >= 0.6 is 15.9 Å². The van der Waals surface area contributed by atoms with Crippen molar-refractivity contribution in [3.05, 3.63) is 33.8 Å². The summed E-state index contributed by atoms with van der Waals surface area (Å²) in [5.74, 6) is -0.218. The number of halogens is 1. The zero-order valence-electron chi connectivity index (χ0n) is 9.66. The number of benzene rings is 1. The number of aryl methyl sites for hydroxylation is 1. The van der Waals surface area contributed by atoms with Crippen molar-refractivity contribution in [2.45, 2.75) is 39.0 Å². The van der Waals surface area contributed by atoms with Gasteiger partial charge in [-0.3, -0.25) is 4.79 Å². The molecule has 16 heavy (non-hydrogen) atoms. The predicted octanol–water partition coefficient (Wildman–Crippen LogP) is 3.98. The van der Waals surface area contributed by atoms with E-state index < -0.39 is 5.97 Å². The topological polar surface area (TPSA) is 37.3 Å². The van der Waals surface area contributed by atoms with Crippen LogP contribution in [0.2, 0.25) is 0 Å². The van der Waals surface area contributed by atoms with Crippen molar-refractivity contribution < 1.29 is 9.90 Å². The molecule has 0 fully saturated rings. The van der Waals surface area contributed by atoms with Gasteiger partial charge in [0.1, 0.15) is 0 Å². The molecule has 0 heterocycles. The lowest BCUT2D eigenvalue weighted by atomic mass is 9.97. The molecular weight excluding hydrogens is 268 g/mol. The molecular formula is C13H17BrO2. The molecule has 0 aromatic heterocycles. The lowest BCUT2D eigenvalue weighted by Crippen LogP contribution is -1.99. The van der Waals surface area contributed by atoms with Crippen molar-refractivity contribution in [3.63, 3.8) is 0 Å². The van der Waals surface area contributed by atoms with Crippen LogP contribution in [0.15, 0.2) is 22.7 Å². The maximum Gasteiger partial charge on any atom is 0.303 e. The molecule has 1 unspecified atom stereocenters. The maximum absolute atomic E-state index is 10.5. The van der Waals surface area contributed by atoms with Crippen molar-refractivity contribution in [1.82, 2.24) is 0 Å². The monoisotopic (exact) mass is 284 g/mol. The van der Waals surface area contributed by atoms with E-state index in [9.17, 15) is 4.79 Å². The fourth-order valence-corrected chi connectivity index (χ4v) is 2.41. The summed E-state index contributed by atoms with van der Waals surface area (Å²) in [6, 6.07) is 6.15. The largest absolute Gasteiger partial charge is 0.481 e. The predicted molar refractivity (Wildman–Crippen MR) is 68.8 cm³/mol. The highest BCUT2D eigenvalue weighted by molar-refractivity contribution is 9.10. The number of carbonyl (C=O) groups is 1. The van der Waals surface area contributed by atoms with Crippen LogP contribution < -0.4 is 0 Å². The lowest BCUT2D eigenvalue weighted by molar-refractivity contribution is -0.136. The molecule has 88 valence electrons. The van der Waals surface area contributed by atoms with E-state index in [1.54, 1.807) is 0 Å². The Morgan fingerprint density at radius 3 is 2.69 bits per heavy atom. The number of hydrogen-bond donors (Lipinski definition) is 1. The molecule has 1 N–H and O–H groups in total. The van der Waals surface area contributed by atoms with Crippen LogP contribution in [0, 0.1) is 0 Å². The van der Waals surface area contributed by atoms with Crippen molar-refractivity contribution in [3.8, 4) is 0 Å². The summed E-state index contributed by atoms with van der Waals surface area (Å²) in [6.07, 6.45) is 1.89. The molecule has 0 radical (unpaired) electrons. The first kappa shape index (κ1) is 13.2. The molecule has 1 atom stereocenters. The van der Waals surface area contributed by atoms with E-state index in [4.69, 9.17) is 5.11 Å². The molecule has 0 amide bonds. The third kappa shape index (κ3) is 3.63. The molecule has 2 nitrogen and oxygen atoms in total. The SMILES string of the molecule is CCC(C)c1ccc(CCC(=O)O)cc1Br. The standard InChI is InChI=1S/C13H17BrO2/c1-3-9(2)11-6-4-10(8-12(11)14)5-7-13(15)16/h4,6,8-9H,3,5,7H2,1-2H3,(H,15,16). The van der Waals surface area contributed by atoms with Gasteiger partial charge in [0.2, 0.25) is 0 Å². The van der Waals surface area contributed by atoms with Gasteiger partial charge in [-0.15, -0.1) is 0 Å². The fourth-order valence-electron chi connectivity index (χ4n) is 1.60. The molecule has 0 bridgehead atoms. The third-order valence-electron chi connectivity index (χ3n) is 2.84. The molecule has 1 aromatic carbocycles. The summed E-state index contributed by atoms with van der Waals surface area (Å²) in [6.45, 7) is 4.35. The van der Waals surface area contributed by atoms with E-state index in [0.29, 0.717) is 12.3 Å². The first-order valence-corrected chi connectivity index (χ1v) is 6.34. The molecule has 0 aliphatic rings. The normalized spacial score (nSPS) is 12.4. The van der Waals surface area contributed by atoms with Gasteiger partial charge in [-0.05, 0) is 36.0 Å². The van der Waals surface area contributed by atoms with Crippen LogP contribution in [-0.2, 0) is 11.2 Å². The van der Waals surface area contributed by atoms with E-state index in [0.717, 1.165) is 16.5 Å². The molecule has 1 aromatic rings. The minimum absolute atomic E-state index is 0.190. The van der Waals surface area contributed by atoms with Crippen LogP contribution in [0.3, 0.4) is 0 Å². The number of carboxylic acids is 1. The Labute approximate surface area is 105 Å². The van der Waals surface area contributed by atoms with Gasteiger partial charge in [-0.1, -0.05) is 41.9 Å². The molecule has 0 saturated carbocycles. The number of carboxylic acid groups (broad SMARTS) is 1. The average molecular weight is 285 g/mol. The van der Waals surface area contributed by atoms with Crippen molar-refractivity contribution >= 4 is 21.9 Å². The van der Waals surface area contributed by atoms with E-state index >= 15 is 0 Å². The molecule has 3 heteroatoms. The number of aliphatic carboxylic acids is 1. The van der Waals surface area contributed by atoms with Crippen molar-refractivity contribution in [1.29, 1.82) is 0 Å². The van der Waals surface area contributed by atoms with E-state index in [2.05, 4.69) is 35.8 Å². The van der Waals surface area contributed by atoms with Crippen molar-refractivity contribution in [2.75, 3.05) is 0 Å². The summed E-state index contributed by atoms with van der Waals surface area (Å²) in [5, 5.41) is 8.61. The van der Waals surface area contributed by atoms with Gasteiger partial charge in [0, 0.05) is 10.9 Å². The fraction of sp³-hybridized carbons (Fsp3) is 0.462. The molecule has 1 rings (SSSR count). The average Bonchev–Trinajstić information content (AvgIpc) is 2.25. The minimum Gasteiger partial charge on any atom is -0.481 e. The van der Waals surface area contributed by atoms with E-state index in [1.807, 2.05) is 12.1 Å². The summed E-state index contributed by atoms with van der Waals surface area (Å²) in [4.78, 5) is 10.5. The summed E-state index contributed by atoms with van der Waals surface area (Å²) in [7, 11) is 0. The van der Waals surface area contributed by atoms with Gasteiger partial charge in [-0.2, -0.15) is 0 Å². The molecule has 0 aliphatic heterocycles. The zero-order chi connectivity index (χ0) is 12.1. The van der Waals surface area contributed by atoms with Crippen LogP contribution in [-0.4, -0.2) is 11.1 Å². The Morgan fingerprint density at radius 2 is 2.19 bits per heavy atom. The van der Waals surface area contributed by atoms with Gasteiger partial charge >= 0.3 is 5.97 Å². The Kier molecular flexibility index (Phi) is 5.00. The summed E-state index contributed by atoms with van der Waals surface area (Å²) >= 11 is 3.55. The van der Waals surface area contributed by atoms with Gasteiger partial charge in [0.15, 0.2) is 0 Å². The van der Waals surface area contributed by atoms with Gasteiger partial charge in [0.05, 0.1) is 0 Å². The third-order valence-corrected chi connectivity index (χ3v) is 3.52. The number of rotatable bonds is 5. The van der Waals surface area contributed by atoms with Gasteiger partial charge in [-0.25, -0.2) is 0 Å². The van der Waals surface area contributed by atoms with Crippen LogP contribution in [0.25, 0.3) is 0 Å². The highest BCUT2D eigenvalue weighted by Crippen LogP contribution is 2.28. The molecule has 0 spiro atoms. The molecule has 0 aliphatic carbocycles. The summed E-state index contributed by atoms with van der Waals surface area (Å²) < 4.78 is 1.09. The second-order valence-corrected chi connectivity index (χ2v) is 4.91. The van der Waals surface area contributed by atoms with Gasteiger partial charge in [0.25, 0.3) is 0 Å². The van der Waals surface area contributed by atoms with E-state index in [1.165, 1.54) is 5.56 Å². The summed E-state index contributed by atoms with van der Waals surface area (Å²) in [5.41, 5.74) is 2.36. The second-order valence-electron chi connectivity index (χ2n) is 4.06. The Morgan fingerprint density at radius 1 is 1.50 bits per heavy atom. The Hall–Kier alpha value is -0.830. The Balaban J connectivity index is 2.78. The Bertz CT molecular complexity index is 374. The second kappa shape index (κ2) is 6.04. The maximum atomic E-state index is 10.5. The highest BCUT2D eigenvalue weighted by Gasteiger charge is 2.08. The first-order valence-electron chi connectivity index (χ1n) is 5.54. The van der Waals surface area contributed by atoms with Crippen LogP contribution in [0.4, 0.5) is 0 Å². The quantitative estimate of drug-likeness (QED) is 0.888. The zero-order valence-corrected chi connectivity index (χ0v) is 11.3. The highest BCUT2D eigenvalue weighted by atomic mass is 79.9. The number of hydrogen-bond acceptors (Lipinski definition) is 1. The van der Waals surface area contributed by atoms with Crippen LogP contribution in [0.1, 0.15) is 43.7 Å². The lowest BCUT2D eigenvalue weighted by Gasteiger charge is -2.12. The smallest absolute Gasteiger partial charge is 0.303 e. The van der Waals surface area contributed by atoms with Gasteiger partial charge < -0.3 is 5.11 Å². The van der Waals surface area contributed by atoms with E-state index in [-0.39, 0.29) is 6.42 Å².